The van der Waals surface area contributed by atoms with Crippen LogP contribution in [0.1, 0.15) is 34.5 Å². The fraction of sp³-hybridized carbons (Fsp3) is 0.294. The third-order valence-corrected chi connectivity index (χ3v) is 4.82. The smallest absolute Gasteiger partial charge is 0.118 e. The molecule has 0 amide bonds. The number of aliphatic hydroxyl groups is 2. The number of benzene rings is 2. The molecule has 0 aromatic heterocycles. The van der Waals surface area contributed by atoms with Gasteiger partial charge < -0.3 is 14.9 Å². The highest BCUT2D eigenvalue weighted by Crippen LogP contribution is 2.56. The summed E-state index contributed by atoms with van der Waals surface area (Å²) in [5.41, 5.74) is 7.01. The summed E-state index contributed by atoms with van der Waals surface area (Å²) in [5.74, 6) is 0. The Hall–Kier alpha value is -1.68. The van der Waals surface area contributed by atoms with Crippen LogP contribution in [0.5, 0.6) is 0 Å². The summed E-state index contributed by atoms with van der Waals surface area (Å²) in [6.07, 6.45) is -0.996. The lowest BCUT2D eigenvalue weighted by Gasteiger charge is -2.25. The monoisotopic (exact) mass is 266 g/mol. The summed E-state index contributed by atoms with van der Waals surface area (Å²) >= 11 is 0. The lowest BCUT2D eigenvalue weighted by atomic mass is 9.82. The van der Waals surface area contributed by atoms with E-state index in [0.29, 0.717) is 0 Å². The highest BCUT2D eigenvalue weighted by atomic mass is 16.6. The van der Waals surface area contributed by atoms with E-state index in [-0.39, 0.29) is 12.2 Å². The van der Waals surface area contributed by atoms with Gasteiger partial charge in [0.25, 0.3) is 0 Å². The number of hydrogen-bond donors (Lipinski definition) is 2. The first kappa shape index (κ1) is 11.0. The number of epoxide rings is 1. The Balaban J connectivity index is 1.81. The number of fused-ring (bicyclic) bond motifs is 7. The van der Waals surface area contributed by atoms with Crippen molar-refractivity contribution in [1.82, 2.24) is 0 Å². The zero-order valence-electron chi connectivity index (χ0n) is 10.8. The zero-order chi connectivity index (χ0) is 13.4. The minimum Gasteiger partial charge on any atom is -0.387 e. The molecule has 1 saturated heterocycles. The van der Waals surface area contributed by atoms with Crippen LogP contribution in [-0.4, -0.2) is 22.4 Å². The number of rotatable bonds is 0. The number of aliphatic hydroxyl groups excluding tert-OH is 2. The predicted octanol–water partition coefficient (Wildman–Crippen LogP) is 2.11. The van der Waals surface area contributed by atoms with Crippen molar-refractivity contribution in [3.63, 3.8) is 0 Å². The van der Waals surface area contributed by atoms with Crippen molar-refractivity contribution in [2.24, 2.45) is 0 Å². The van der Waals surface area contributed by atoms with Gasteiger partial charge in [0.05, 0.1) is 0 Å². The van der Waals surface area contributed by atoms with E-state index in [0.717, 1.165) is 17.5 Å². The van der Waals surface area contributed by atoms with Crippen molar-refractivity contribution in [3.05, 3.63) is 58.7 Å². The van der Waals surface area contributed by atoms with Gasteiger partial charge in [0.2, 0.25) is 0 Å². The van der Waals surface area contributed by atoms with Gasteiger partial charge in [-0.05, 0) is 39.8 Å². The molecule has 1 fully saturated rings. The van der Waals surface area contributed by atoms with E-state index in [4.69, 9.17) is 4.74 Å². The van der Waals surface area contributed by atoms with Crippen molar-refractivity contribution in [1.29, 1.82) is 0 Å². The maximum atomic E-state index is 10.3. The first-order valence-electron chi connectivity index (χ1n) is 7.01. The molecule has 1 heterocycles. The fourth-order valence-electron chi connectivity index (χ4n) is 3.81. The molecule has 3 aliphatic rings. The third kappa shape index (κ3) is 1.21. The van der Waals surface area contributed by atoms with Crippen molar-refractivity contribution in [2.45, 2.75) is 30.8 Å². The second kappa shape index (κ2) is 3.50. The average Bonchev–Trinajstić information content (AvgIpc) is 3.18. The molecular formula is C17H14O3. The maximum absolute atomic E-state index is 10.3. The molecule has 4 atom stereocenters. The van der Waals surface area contributed by atoms with Crippen LogP contribution in [0.4, 0.5) is 0 Å². The average molecular weight is 266 g/mol. The molecule has 1 aliphatic heterocycles. The lowest BCUT2D eigenvalue weighted by Crippen LogP contribution is -2.29. The molecule has 0 radical (unpaired) electrons. The summed E-state index contributed by atoms with van der Waals surface area (Å²) in [6.45, 7) is 0. The van der Waals surface area contributed by atoms with Crippen LogP contribution >= 0.6 is 0 Å². The molecule has 100 valence electrons. The first-order chi connectivity index (χ1) is 9.75. The first-order valence-corrected chi connectivity index (χ1v) is 7.01. The molecule has 3 heteroatoms. The van der Waals surface area contributed by atoms with Gasteiger partial charge in [-0.1, -0.05) is 36.4 Å². The van der Waals surface area contributed by atoms with Crippen LogP contribution < -0.4 is 0 Å². The second-order valence-corrected chi connectivity index (χ2v) is 5.89. The Bertz CT molecular complexity index is 737. The topological polar surface area (TPSA) is 53.0 Å². The SMILES string of the molecule is O[C@@H]1[C@H]2O[C@H]2c2c(ccc3c2-c2ccccc2C3)[C@H]1O. The molecule has 20 heavy (non-hydrogen) atoms. The standard InChI is InChI=1S/C17H14O3/c18-14-11-6-5-9-7-8-3-1-2-4-10(8)12(9)13(11)16-17(20-16)15(14)19/h1-6,14-19H,7H2/t14-,15+,16+,17-/m1/s1. The molecule has 0 bridgehead atoms. The number of hydrogen-bond acceptors (Lipinski definition) is 3. The quantitative estimate of drug-likeness (QED) is 0.613. The molecule has 2 aromatic rings. The highest BCUT2D eigenvalue weighted by molar-refractivity contribution is 5.81. The van der Waals surface area contributed by atoms with E-state index >= 15 is 0 Å². The minimum absolute atomic E-state index is 0.0514. The summed E-state index contributed by atoms with van der Waals surface area (Å²) < 4.78 is 5.62. The summed E-state index contributed by atoms with van der Waals surface area (Å²) in [7, 11) is 0. The summed E-state index contributed by atoms with van der Waals surface area (Å²) in [4.78, 5) is 0. The predicted molar refractivity (Wildman–Crippen MR) is 73.3 cm³/mol. The molecule has 2 aromatic carbocycles. The molecule has 2 N–H and O–H groups in total. The lowest BCUT2D eigenvalue weighted by molar-refractivity contribution is 0.0000282. The van der Waals surface area contributed by atoms with E-state index < -0.39 is 12.2 Å². The van der Waals surface area contributed by atoms with Crippen LogP contribution in [0.25, 0.3) is 11.1 Å². The van der Waals surface area contributed by atoms with Crippen LogP contribution in [0.15, 0.2) is 36.4 Å². The van der Waals surface area contributed by atoms with Gasteiger partial charge in [-0.15, -0.1) is 0 Å². The Morgan fingerprint density at radius 3 is 2.75 bits per heavy atom. The van der Waals surface area contributed by atoms with Crippen molar-refractivity contribution < 1.29 is 14.9 Å². The second-order valence-electron chi connectivity index (χ2n) is 5.89. The van der Waals surface area contributed by atoms with Crippen LogP contribution in [-0.2, 0) is 11.2 Å². The van der Waals surface area contributed by atoms with Gasteiger partial charge in [0, 0.05) is 0 Å². The summed E-state index contributed by atoms with van der Waals surface area (Å²) in [6, 6.07) is 12.4. The normalized spacial score (nSPS) is 32.1. The largest absolute Gasteiger partial charge is 0.387 e. The minimum atomic E-state index is -0.841. The van der Waals surface area contributed by atoms with Gasteiger partial charge in [-0.3, -0.25) is 0 Å². The van der Waals surface area contributed by atoms with Gasteiger partial charge in [0.15, 0.2) is 0 Å². The molecular weight excluding hydrogens is 252 g/mol. The van der Waals surface area contributed by atoms with E-state index in [1.165, 1.54) is 22.3 Å². The van der Waals surface area contributed by atoms with E-state index in [1.807, 2.05) is 12.1 Å². The Kier molecular flexibility index (Phi) is 1.93. The van der Waals surface area contributed by atoms with Crippen LogP contribution in [0, 0.1) is 0 Å². The van der Waals surface area contributed by atoms with Crippen LogP contribution in [0.3, 0.4) is 0 Å². The van der Waals surface area contributed by atoms with Crippen molar-refractivity contribution in [2.75, 3.05) is 0 Å². The number of ether oxygens (including phenoxy) is 1. The molecule has 3 nitrogen and oxygen atoms in total. The van der Waals surface area contributed by atoms with Gasteiger partial charge in [0.1, 0.15) is 24.4 Å². The van der Waals surface area contributed by atoms with E-state index in [1.54, 1.807) is 0 Å². The molecule has 2 aliphatic carbocycles. The van der Waals surface area contributed by atoms with Gasteiger partial charge in [-0.25, -0.2) is 0 Å². The van der Waals surface area contributed by atoms with Crippen molar-refractivity contribution >= 4 is 0 Å². The Morgan fingerprint density at radius 2 is 1.85 bits per heavy atom. The van der Waals surface area contributed by atoms with Gasteiger partial charge in [-0.2, -0.15) is 0 Å². The fourth-order valence-corrected chi connectivity index (χ4v) is 3.81. The third-order valence-electron chi connectivity index (χ3n) is 4.82. The Labute approximate surface area is 116 Å². The molecule has 0 unspecified atom stereocenters. The highest BCUT2D eigenvalue weighted by Gasteiger charge is 2.55. The van der Waals surface area contributed by atoms with Crippen molar-refractivity contribution in [3.8, 4) is 11.1 Å². The molecule has 0 spiro atoms. The Morgan fingerprint density at radius 1 is 1.00 bits per heavy atom. The molecule has 5 rings (SSSR count). The van der Waals surface area contributed by atoms with Gasteiger partial charge >= 0.3 is 0 Å². The van der Waals surface area contributed by atoms with E-state index in [2.05, 4.69) is 24.3 Å². The zero-order valence-corrected chi connectivity index (χ0v) is 10.8. The summed E-state index contributed by atoms with van der Waals surface area (Å²) in [5, 5.41) is 20.3. The van der Waals surface area contributed by atoms with E-state index in [9.17, 15) is 10.2 Å². The van der Waals surface area contributed by atoms with Crippen LogP contribution in [0.2, 0.25) is 0 Å². The molecule has 0 saturated carbocycles. The maximum Gasteiger partial charge on any atom is 0.118 e.